The Morgan fingerprint density at radius 3 is 2.54 bits per heavy atom. The Morgan fingerprint density at radius 1 is 1.29 bits per heavy atom. The van der Waals surface area contributed by atoms with E-state index < -0.39 is 11.2 Å². The van der Waals surface area contributed by atoms with Gasteiger partial charge < -0.3 is 14.9 Å². The van der Waals surface area contributed by atoms with E-state index in [9.17, 15) is 10.2 Å². The molecule has 0 aromatic heterocycles. The van der Waals surface area contributed by atoms with E-state index in [4.69, 9.17) is 4.74 Å². The highest BCUT2D eigenvalue weighted by Crippen LogP contribution is 2.73. The largest absolute Gasteiger partial charge is 0.390 e. The second-order valence-corrected chi connectivity index (χ2v) is 9.39. The van der Waals surface area contributed by atoms with E-state index in [0.717, 1.165) is 25.7 Å². The molecule has 3 aliphatic rings. The molecule has 0 bridgehead atoms. The maximum atomic E-state index is 11.0. The van der Waals surface area contributed by atoms with Crippen LogP contribution in [-0.4, -0.2) is 34.6 Å². The smallest absolute Gasteiger partial charge is 0.0812 e. The molecule has 3 saturated carbocycles. The van der Waals surface area contributed by atoms with Gasteiger partial charge in [-0.05, 0) is 70.1 Å². The lowest BCUT2D eigenvalue weighted by Gasteiger charge is -2.33. The molecule has 3 aliphatic carbocycles. The molecule has 2 N–H and O–H groups in total. The summed E-state index contributed by atoms with van der Waals surface area (Å²) in [7, 11) is 1.76. The van der Waals surface area contributed by atoms with Crippen LogP contribution < -0.4 is 0 Å². The van der Waals surface area contributed by atoms with Gasteiger partial charge in [0.25, 0.3) is 0 Å². The summed E-state index contributed by atoms with van der Waals surface area (Å²) in [6.45, 7) is 12.2. The fraction of sp³-hybridized carbons (Fsp3) is 0.810. The molecular formula is C21H34O3. The van der Waals surface area contributed by atoms with Crippen molar-refractivity contribution in [3.05, 3.63) is 24.3 Å². The Bertz CT molecular complexity index is 542. The van der Waals surface area contributed by atoms with Crippen LogP contribution in [-0.2, 0) is 4.74 Å². The Kier molecular flexibility index (Phi) is 4.30. The first kappa shape index (κ1) is 18.2. The molecule has 0 aromatic rings. The number of hydrogen-bond donors (Lipinski definition) is 2. The van der Waals surface area contributed by atoms with E-state index in [-0.39, 0.29) is 17.4 Å². The minimum absolute atomic E-state index is 0.0256. The molecular weight excluding hydrogens is 300 g/mol. The summed E-state index contributed by atoms with van der Waals surface area (Å²) in [5.41, 5.74) is -0.0567. The zero-order chi connectivity index (χ0) is 17.9. The standard InChI is InChI=1S/C21H34O3/c1-13-7-8-15-18(17-14(13)9-12-20(17,4)23)21(15,5)16(24-6)10-11-19(2,3)22/h10-11,14-18,22-23H,1,7-9,12H2,2-6H3/b11-10+/t14-,15+,16?,17+,18+,20-,21+/m0/s1. The van der Waals surface area contributed by atoms with Crippen LogP contribution in [0.5, 0.6) is 0 Å². The van der Waals surface area contributed by atoms with Crippen molar-refractivity contribution in [3.63, 3.8) is 0 Å². The normalized spacial score (nSPS) is 46.5. The lowest BCUT2D eigenvalue weighted by Crippen LogP contribution is -2.37. The van der Waals surface area contributed by atoms with Crippen LogP contribution in [0.25, 0.3) is 0 Å². The summed E-state index contributed by atoms with van der Waals surface area (Å²) in [6.07, 6.45) is 7.99. The molecule has 0 heterocycles. The van der Waals surface area contributed by atoms with Crippen LogP contribution in [0.2, 0.25) is 0 Å². The van der Waals surface area contributed by atoms with E-state index in [1.54, 1.807) is 21.0 Å². The van der Waals surface area contributed by atoms with Crippen molar-refractivity contribution in [1.82, 2.24) is 0 Å². The first-order valence-electron chi connectivity index (χ1n) is 9.37. The Balaban J connectivity index is 1.90. The zero-order valence-corrected chi connectivity index (χ0v) is 15.9. The van der Waals surface area contributed by atoms with Crippen molar-refractivity contribution in [1.29, 1.82) is 0 Å². The van der Waals surface area contributed by atoms with E-state index in [1.807, 2.05) is 19.1 Å². The molecule has 0 aromatic carbocycles. The predicted octanol–water partition coefficient (Wildman–Crippen LogP) is 3.71. The zero-order valence-electron chi connectivity index (χ0n) is 15.9. The number of methoxy groups -OCH3 is 1. The summed E-state index contributed by atoms with van der Waals surface area (Å²) in [6, 6.07) is 0. The molecule has 0 aliphatic heterocycles. The summed E-state index contributed by atoms with van der Waals surface area (Å²) in [5.74, 6) is 1.77. The quantitative estimate of drug-likeness (QED) is 0.771. The minimum Gasteiger partial charge on any atom is -0.390 e. The van der Waals surface area contributed by atoms with Crippen LogP contribution in [0.4, 0.5) is 0 Å². The van der Waals surface area contributed by atoms with Crippen molar-refractivity contribution in [2.24, 2.45) is 29.1 Å². The lowest BCUT2D eigenvalue weighted by molar-refractivity contribution is -0.0119. The third kappa shape index (κ3) is 2.79. The average molecular weight is 335 g/mol. The molecule has 3 nitrogen and oxygen atoms in total. The van der Waals surface area contributed by atoms with Gasteiger partial charge in [0, 0.05) is 12.5 Å². The number of fused-ring (bicyclic) bond motifs is 3. The number of hydrogen-bond acceptors (Lipinski definition) is 3. The van der Waals surface area contributed by atoms with Gasteiger partial charge in [0.1, 0.15) is 0 Å². The average Bonchev–Trinajstić information content (AvgIpc) is 2.96. The summed E-state index contributed by atoms with van der Waals surface area (Å²) in [4.78, 5) is 0. The van der Waals surface area contributed by atoms with Gasteiger partial charge in [0.05, 0.1) is 17.3 Å². The topological polar surface area (TPSA) is 49.7 Å². The second kappa shape index (κ2) is 5.69. The van der Waals surface area contributed by atoms with Gasteiger partial charge in [-0.15, -0.1) is 0 Å². The molecule has 0 radical (unpaired) electrons. The number of allylic oxidation sites excluding steroid dienone is 1. The highest BCUT2D eigenvalue weighted by molar-refractivity contribution is 5.27. The summed E-state index contributed by atoms with van der Waals surface area (Å²) >= 11 is 0. The monoisotopic (exact) mass is 334 g/mol. The molecule has 0 saturated heterocycles. The number of aliphatic hydroxyl groups is 2. The van der Waals surface area contributed by atoms with Crippen molar-refractivity contribution < 1.29 is 14.9 Å². The van der Waals surface area contributed by atoms with Gasteiger partial charge in [-0.1, -0.05) is 31.2 Å². The van der Waals surface area contributed by atoms with Crippen LogP contribution in [0.3, 0.4) is 0 Å². The SMILES string of the molecule is C=C1CC[C@@H]2[C@H]([C@H]3[C@H]1CC[C@]3(C)O)[C@@]2(C)C(/C=C/C(C)(C)O)OC. The predicted molar refractivity (Wildman–Crippen MR) is 96.5 cm³/mol. The van der Waals surface area contributed by atoms with Gasteiger partial charge in [-0.25, -0.2) is 0 Å². The molecule has 3 heteroatoms. The Hall–Kier alpha value is -0.640. The third-order valence-corrected chi connectivity index (χ3v) is 7.19. The number of ether oxygens (including phenoxy) is 1. The van der Waals surface area contributed by atoms with Crippen molar-refractivity contribution in [3.8, 4) is 0 Å². The van der Waals surface area contributed by atoms with E-state index >= 15 is 0 Å². The van der Waals surface area contributed by atoms with E-state index in [2.05, 4.69) is 13.5 Å². The highest BCUT2D eigenvalue weighted by Gasteiger charge is 2.71. The molecule has 0 spiro atoms. The van der Waals surface area contributed by atoms with E-state index in [1.165, 1.54) is 5.57 Å². The minimum atomic E-state index is -0.834. The van der Waals surface area contributed by atoms with Gasteiger partial charge in [-0.2, -0.15) is 0 Å². The fourth-order valence-electron chi connectivity index (χ4n) is 5.90. The Morgan fingerprint density at radius 2 is 1.96 bits per heavy atom. The maximum Gasteiger partial charge on any atom is 0.0812 e. The highest BCUT2D eigenvalue weighted by atomic mass is 16.5. The van der Waals surface area contributed by atoms with Crippen molar-refractivity contribution in [2.45, 2.75) is 70.7 Å². The van der Waals surface area contributed by atoms with Gasteiger partial charge >= 0.3 is 0 Å². The van der Waals surface area contributed by atoms with E-state index in [0.29, 0.717) is 17.8 Å². The number of rotatable bonds is 4. The molecule has 24 heavy (non-hydrogen) atoms. The van der Waals surface area contributed by atoms with Crippen LogP contribution in [0.15, 0.2) is 24.3 Å². The summed E-state index contributed by atoms with van der Waals surface area (Å²) < 4.78 is 5.85. The third-order valence-electron chi connectivity index (χ3n) is 7.19. The van der Waals surface area contributed by atoms with Crippen LogP contribution >= 0.6 is 0 Å². The van der Waals surface area contributed by atoms with Crippen LogP contribution in [0.1, 0.15) is 53.4 Å². The fourth-order valence-corrected chi connectivity index (χ4v) is 5.90. The maximum absolute atomic E-state index is 11.0. The van der Waals surface area contributed by atoms with Gasteiger partial charge in [-0.3, -0.25) is 0 Å². The lowest BCUT2D eigenvalue weighted by atomic mass is 9.76. The van der Waals surface area contributed by atoms with Crippen LogP contribution in [0, 0.1) is 29.1 Å². The molecule has 1 unspecified atom stereocenters. The molecule has 3 fully saturated rings. The Labute approximate surface area is 146 Å². The summed E-state index contributed by atoms with van der Waals surface area (Å²) in [5, 5.41) is 21.1. The molecule has 0 amide bonds. The van der Waals surface area contributed by atoms with Gasteiger partial charge in [0.15, 0.2) is 0 Å². The second-order valence-electron chi connectivity index (χ2n) is 9.39. The molecule has 136 valence electrons. The molecule has 7 atom stereocenters. The van der Waals surface area contributed by atoms with Gasteiger partial charge in [0.2, 0.25) is 0 Å². The first-order chi connectivity index (χ1) is 11.0. The van der Waals surface area contributed by atoms with Crippen molar-refractivity contribution in [2.75, 3.05) is 7.11 Å². The van der Waals surface area contributed by atoms with Crippen molar-refractivity contribution >= 4 is 0 Å². The molecule has 3 rings (SSSR count). The first-order valence-corrected chi connectivity index (χ1v) is 9.37.